The molecule has 104 valence electrons. The predicted octanol–water partition coefficient (Wildman–Crippen LogP) is 1.06. The Bertz CT molecular complexity index is 510. The van der Waals surface area contributed by atoms with Crippen molar-refractivity contribution in [2.75, 3.05) is 6.54 Å². The van der Waals surface area contributed by atoms with Gasteiger partial charge in [-0.05, 0) is 6.42 Å². The average molecular weight is 267 g/mol. The van der Waals surface area contributed by atoms with Crippen molar-refractivity contribution in [3.05, 3.63) is 38.8 Å². The molecule has 0 spiro atoms. The number of rotatable bonds is 7. The summed E-state index contributed by atoms with van der Waals surface area (Å²) in [4.78, 5) is 33.0. The van der Waals surface area contributed by atoms with E-state index in [1.165, 1.54) is 0 Å². The third kappa shape index (κ3) is 4.90. The summed E-state index contributed by atoms with van der Waals surface area (Å²) < 4.78 is 1.04. The molecule has 0 fully saturated rings. The van der Waals surface area contributed by atoms with Crippen molar-refractivity contribution < 1.29 is 9.72 Å². The normalized spacial score (nSPS) is 10.2. The van der Waals surface area contributed by atoms with Crippen molar-refractivity contribution in [2.24, 2.45) is 0 Å². The number of nitro groups is 1. The number of carbonyl (C=O) groups is 1. The Kier molecular flexibility index (Phi) is 5.72. The fraction of sp³-hybridized carbons (Fsp3) is 0.500. The maximum absolute atomic E-state index is 11.6. The van der Waals surface area contributed by atoms with Gasteiger partial charge in [-0.2, -0.15) is 0 Å². The van der Waals surface area contributed by atoms with E-state index in [0.717, 1.165) is 42.2 Å². The second kappa shape index (κ2) is 7.30. The van der Waals surface area contributed by atoms with E-state index >= 15 is 0 Å². The molecule has 1 rings (SSSR count). The number of hydrogen-bond acceptors (Lipinski definition) is 4. The molecular weight excluding hydrogens is 250 g/mol. The summed E-state index contributed by atoms with van der Waals surface area (Å²) in [5.41, 5.74) is -0.646. The van der Waals surface area contributed by atoms with Crippen LogP contribution in [-0.2, 0) is 11.3 Å². The van der Waals surface area contributed by atoms with Gasteiger partial charge in [0.25, 0.3) is 11.2 Å². The standard InChI is InChI=1S/C12H17N3O4/c1-2-3-4-7-13-11(16)9-14-8-10(15(18)19)5-6-12(14)17/h5-6,8H,2-4,7,9H2,1H3,(H,13,16). The lowest BCUT2D eigenvalue weighted by atomic mass is 10.2. The number of nitrogens with one attached hydrogen (secondary N) is 1. The average Bonchev–Trinajstić information content (AvgIpc) is 2.37. The van der Waals surface area contributed by atoms with E-state index in [1.807, 2.05) is 0 Å². The number of nitrogens with zero attached hydrogens (tertiary/aromatic N) is 2. The third-order valence-corrected chi connectivity index (χ3v) is 2.60. The van der Waals surface area contributed by atoms with Gasteiger partial charge >= 0.3 is 0 Å². The fourth-order valence-electron chi connectivity index (χ4n) is 1.56. The fourth-order valence-corrected chi connectivity index (χ4v) is 1.56. The Balaban J connectivity index is 2.61. The highest BCUT2D eigenvalue weighted by Gasteiger charge is 2.10. The van der Waals surface area contributed by atoms with Gasteiger partial charge in [0.1, 0.15) is 6.54 Å². The van der Waals surface area contributed by atoms with Crippen LogP contribution in [-0.4, -0.2) is 21.9 Å². The summed E-state index contributed by atoms with van der Waals surface area (Å²) in [5, 5.41) is 13.3. The van der Waals surface area contributed by atoms with Crippen LogP contribution in [0, 0.1) is 10.1 Å². The van der Waals surface area contributed by atoms with Gasteiger partial charge in [-0.3, -0.25) is 24.3 Å². The molecule has 1 aromatic rings. The number of aromatic nitrogens is 1. The molecule has 0 aliphatic heterocycles. The highest BCUT2D eigenvalue weighted by atomic mass is 16.6. The maximum atomic E-state index is 11.6. The molecule has 0 saturated carbocycles. The maximum Gasteiger partial charge on any atom is 0.285 e. The highest BCUT2D eigenvalue weighted by Crippen LogP contribution is 2.05. The van der Waals surface area contributed by atoms with Crippen LogP contribution in [0.1, 0.15) is 26.2 Å². The Morgan fingerprint density at radius 3 is 2.79 bits per heavy atom. The van der Waals surface area contributed by atoms with E-state index in [9.17, 15) is 19.7 Å². The van der Waals surface area contributed by atoms with Gasteiger partial charge < -0.3 is 5.32 Å². The van der Waals surface area contributed by atoms with Crippen LogP contribution in [0.4, 0.5) is 5.69 Å². The van der Waals surface area contributed by atoms with E-state index in [4.69, 9.17) is 0 Å². The van der Waals surface area contributed by atoms with Crippen LogP contribution < -0.4 is 10.9 Å². The summed E-state index contributed by atoms with van der Waals surface area (Å²) in [6.07, 6.45) is 4.04. The molecule has 0 bridgehead atoms. The van der Waals surface area contributed by atoms with Crippen LogP contribution in [0.2, 0.25) is 0 Å². The number of hydrogen-bond donors (Lipinski definition) is 1. The SMILES string of the molecule is CCCCCNC(=O)Cn1cc([N+](=O)[O-])ccc1=O. The molecule has 0 aliphatic carbocycles. The minimum Gasteiger partial charge on any atom is -0.355 e. The molecule has 1 heterocycles. The van der Waals surface area contributed by atoms with Crippen LogP contribution >= 0.6 is 0 Å². The van der Waals surface area contributed by atoms with E-state index in [1.54, 1.807) is 0 Å². The van der Waals surface area contributed by atoms with Gasteiger partial charge in [-0.25, -0.2) is 0 Å². The van der Waals surface area contributed by atoms with Gasteiger partial charge in [-0.1, -0.05) is 19.8 Å². The lowest BCUT2D eigenvalue weighted by Gasteiger charge is -2.06. The number of amides is 1. The van der Waals surface area contributed by atoms with Crippen LogP contribution in [0.3, 0.4) is 0 Å². The lowest BCUT2D eigenvalue weighted by molar-refractivity contribution is -0.385. The van der Waals surface area contributed by atoms with Gasteiger partial charge in [0.05, 0.1) is 11.1 Å². The topological polar surface area (TPSA) is 94.2 Å². The predicted molar refractivity (Wildman–Crippen MR) is 69.9 cm³/mol. The molecule has 7 nitrogen and oxygen atoms in total. The molecule has 0 aliphatic rings. The summed E-state index contributed by atoms with van der Waals surface area (Å²) in [6.45, 7) is 2.41. The van der Waals surface area contributed by atoms with Gasteiger partial charge in [-0.15, -0.1) is 0 Å². The smallest absolute Gasteiger partial charge is 0.285 e. The van der Waals surface area contributed by atoms with Crippen LogP contribution in [0.5, 0.6) is 0 Å². The first-order valence-electron chi connectivity index (χ1n) is 6.16. The first kappa shape index (κ1) is 14.9. The van der Waals surface area contributed by atoms with E-state index in [2.05, 4.69) is 12.2 Å². The number of unbranched alkanes of at least 4 members (excludes halogenated alkanes) is 2. The van der Waals surface area contributed by atoms with E-state index < -0.39 is 10.5 Å². The molecule has 0 unspecified atom stereocenters. The largest absolute Gasteiger partial charge is 0.355 e. The number of carbonyl (C=O) groups excluding carboxylic acids is 1. The van der Waals surface area contributed by atoms with Crippen molar-refractivity contribution in [3.8, 4) is 0 Å². The summed E-state index contributed by atoms with van der Waals surface area (Å²) in [7, 11) is 0. The molecule has 0 saturated heterocycles. The van der Waals surface area contributed by atoms with Crippen molar-refractivity contribution in [1.82, 2.24) is 9.88 Å². The molecule has 19 heavy (non-hydrogen) atoms. The molecule has 7 heteroatoms. The zero-order valence-corrected chi connectivity index (χ0v) is 10.8. The minimum absolute atomic E-state index is 0.202. The summed E-state index contributed by atoms with van der Waals surface area (Å²) in [5.74, 6) is -0.321. The first-order valence-corrected chi connectivity index (χ1v) is 6.16. The highest BCUT2D eigenvalue weighted by molar-refractivity contribution is 5.75. The lowest BCUT2D eigenvalue weighted by Crippen LogP contribution is -2.32. The Labute approximate surface area is 110 Å². The first-order chi connectivity index (χ1) is 9.04. The van der Waals surface area contributed by atoms with Crippen LogP contribution in [0.25, 0.3) is 0 Å². The molecule has 0 atom stereocenters. The Morgan fingerprint density at radius 2 is 2.16 bits per heavy atom. The minimum atomic E-state index is -0.602. The number of pyridine rings is 1. The zero-order valence-electron chi connectivity index (χ0n) is 10.8. The zero-order chi connectivity index (χ0) is 14.3. The van der Waals surface area contributed by atoms with Crippen molar-refractivity contribution >= 4 is 11.6 Å². The summed E-state index contributed by atoms with van der Waals surface area (Å²) in [6, 6.07) is 2.21. The van der Waals surface area contributed by atoms with Gasteiger partial charge in [0, 0.05) is 18.7 Å². The van der Waals surface area contributed by atoms with Crippen molar-refractivity contribution in [2.45, 2.75) is 32.7 Å². The molecular formula is C12H17N3O4. The Hall–Kier alpha value is -2.18. The van der Waals surface area contributed by atoms with Gasteiger partial charge in [0.15, 0.2) is 0 Å². The second-order valence-electron chi connectivity index (χ2n) is 4.17. The molecule has 0 aromatic carbocycles. The van der Waals surface area contributed by atoms with E-state index in [0.29, 0.717) is 6.54 Å². The van der Waals surface area contributed by atoms with Gasteiger partial charge in [0.2, 0.25) is 5.91 Å². The van der Waals surface area contributed by atoms with Crippen molar-refractivity contribution in [3.63, 3.8) is 0 Å². The quantitative estimate of drug-likeness (QED) is 0.454. The molecule has 1 N–H and O–H groups in total. The van der Waals surface area contributed by atoms with Crippen molar-refractivity contribution in [1.29, 1.82) is 0 Å². The monoisotopic (exact) mass is 267 g/mol. The summed E-state index contributed by atoms with van der Waals surface area (Å²) >= 11 is 0. The van der Waals surface area contributed by atoms with E-state index in [-0.39, 0.29) is 18.1 Å². The second-order valence-corrected chi connectivity index (χ2v) is 4.17. The molecule has 0 radical (unpaired) electrons. The third-order valence-electron chi connectivity index (χ3n) is 2.60. The van der Waals surface area contributed by atoms with Crippen LogP contribution in [0.15, 0.2) is 23.1 Å². The Morgan fingerprint density at radius 1 is 1.42 bits per heavy atom. The molecule has 1 aromatic heterocycles. The molecule has 1 amide bonds.